The van der Waals surface area contributed by atoms with E-state index in [0.717, 1.165) is 0 Å². The molecule has 0 fully saturated rings. The number of halogens is 1. The SMILES string of the molecule is CC(C)C[C@@](F)(C(N)=O)N(c1ccccc1)c1ccsc1. The normalized spacial score (nSPS) is 13.9. The maximum Gasteiger partial charge on any atom is 0.276 e. The number of carbonyl (C=O) groups is 1. The molecule has 1 atom stereocenters. The van der Waals surface area contributed by atoms with E-state index < -0.39 is 11.7 Å². The molecule has 5 heteroatoms. The van der Waals surface area contributed by atoms with Gasteiger partial charge in [0.05, 0.1) is 5.69 Å². The van der Waals surface area contributed by atoms with Crippen LogP contribution < -0.4 is 10.6 Å². The fraction of sp³-hybridized carbons (Fsp3) is 0.312. The van der Waals surface area contributed by atoms with Gasteiger partial charge in [-0.15, -0.1) is 0 Å². The average Bonchev–Trinajstić information content (AvgIpc) is 2.93. The summed E-state index contributed by atoms with van der Waals surface area (Å²) in [6.45, 7) is 3.74. The number of alkyl halides is 1. The molecular formula is C16H19FN2OS. The van der Waals surface area contributed by atoms with Crippen molar-refractivity contribution in [2.45, 2.75) is 26.1 Å². The standard InChI is InChI=1S/C16H19FN2OS/c1-12(2)10-16(17,15(18)20)19(14-8-9-21-11-14)13-6-4-3-5-7-13/h3-9,11-12H,10H2,1-2H3,(H2,18,20)/t16-/m0/s1. The van der Waals surface area contributed by atoms with Crippen LogP contribution in [0.1, 0.15) is 20.3 Å². The first-order chi connectivity index (χ1) is 9.95. The number of para-hydroxylation sites is 1. The van der Waals surface area contributed by atoms with Crippen LogP contribution in [0.5, 0.6) is 0 Å². The van der Waals surface area contributed by atoms with E-state index in [1.54, 1.807) is 18.2 Å². The minimum absolute atomic E-state index is 0.00709. The number of thiophene rings is 1. The molecule has 112 valence electrons. The van der Waals surface area contributed by atoms with Crippen molar-refractivity contribution in [3.05, 3.63) is 47.2 Å². The van der Waals surface area contributed by atoms with Crippen molar-refractivity contribution in [3.8, 4) is 0 Å². The van der Waals surface area contributed by atoms with Gasteiger partial charge in [-0.3, -0.25) is 9.69 Å². The van der Waals surface area contributed by atoms with Crippen LogP contribution in [0.25, 0.3) is 0 Å². The van der Waals surface area contributed by atoms with Crippen LogP contribution in [0, 0.1) is 5.92 Å². The molecular weight excluding hydrogens is 287 g/mol. The third-order valence-electron chi connectivity index (χ3n) is 3.19. The molecule has 1 amide bonds. The molecule has 0 aliphatic carbocycles. The first kappa shape index (κ1) is 15.5. The zero-order valence-electron chi connectivity index (χ0n) is 12.1. The molecule has 1 aromatic heterocycles. The smallest absolute Gasteiger partial charge is 0.276 e. The average molecular weight is 306 g/mol. The van der Waals surface area contributed by atoms with E-state index >= 15 is 4.39 Å². The van der Waals surface area contributed by atoms with Crippen molar-refractivity contribution >= 4 is 28.6 Å². The summed E-state index contributed by atoms with van der Waals surface area (Å²) in [7, 11) is 0. The number of primary amides is 1. The molecule has 0 spiro atoms. The summed E-state index contributed by atoms with van der Waals surface area (Å²) in [6.07, 6.45) is 0.0348. The highest BCUT2D eigenvalue weighted by Crippen LogP contribution is 2.38. The molecule has 0 saturated carbocycles. The van der Waals surface area contributed by atoms with Crippen LogP contribution in [0.2, 0.25) is 0 Å². The highest BCUT2D eigenvalue weighted by Gasteiger charge is 2.44. The van der Waals surface area contributed by atoms with E-state index in [1.165, 1.54) is 16.2 Å². The van der Waals surface area contributed by atoms with Crippen molar-refractivity contribution in [3.63, 3.8) is 0 Å². The van der Waals surface area contributed by atoms with E-state index in [1.807, 2.05) is 42.8 Å². The number of nitrogens with zero attached hydrogens (tertiary/aromatic N) is 1. The molecule has 21 heavy (non-hydrogen) atoms. The summed E-state index contributed by atoms with van der Waals surface area (Å²) in [6, 6.07) is 10.8. The lowest BCUT2D eigenvalue weighted by molar-refractivity contribution is -0.130. The fourth-order valence-corrected chi connectivity index (χ4v) is 2.98. The van der Waals surface area contributed by atoms with E-state index in [0.29, 0.717) is 11.4 Å². The topological polar surface area (TPSA) is 46.3 Å². The van der Waals surface area contributed by atoms with E-state index in [9.17, 15) is 4.79 Å². The highest BCUT2D eigenvalue weighted by atomic mass is 32.1. The van der Waals surface area contributed by atoms with Gasteiger partial charge in [0.1, 0.15) is 0 Å². The van der Waals surface area contributed by atoms with Crippen LogP contribution in [0.3, 0.4) is 0 Å². The Bertz CT molecular complexity index is 586. The van der Waals surface area contributed by atoms with Crippen LogP contribution >= 0.6 is 11.3 Å². The Labute approximate surface area is 128 Å². The summed E-state index contributed by atoms with van der Waals surface area (Å²) in [5.41, 5.74) is 6.65. The van der Waals surface area contributed by atoms with E-state index in [-0.39, 0.29) is 12.3 Å². The van der Waals surface area contributed by atoms with Gasteiger partial charge in [-0.25, -0.2) is 4.39 Å². The minimum Gasteiger partial charge on any atom is -0.365 e. The second kappa shape index (κ2) is 6.26. The van der Waals surface area contributed by atoms with Crippen LogP contribution in [-0.4, -0.2) is 11.7 Å². The summed E-state index contributed by atoms with van der Waals surface area (Å²) in [5.74, 6) is -3.23. The molecule has 0 radical (unpaired) electrons. The zero-order valence-corrected chi connectivity index (χ0v) is 12.9. The Morgan fingerprint density at radius 2 is 1.95 bits per heavy atom. The van der Waals surface area contributed by atoms with Crippen LogP contribution in [-0.2, 0) is 4.79 Å². The minimum atomic E-state index is -2.25. The number of carbonyl (C=O) groups excluding carboxylic acids is 1. The Morgan fingerprint density at radius 3 is 2.43 bits per heavy atom. The lowest BCUT2D eigenvalue weighted by Gasteiger charge is -2.37. The molecule has 0 unspecified atom stereocenters. The van der Waals surface area contributed by atoms with Crippen LogP contribution in [0.4, 0.5) is 15.8 Å². The highest BCUT2D eigenvalue weighted by molar-refractivity contribution is 7.08. The Balaban J connectivity index is 2.55. The van der Waals surface area contributed by atoms with Gasteiger partial charge in [0.2, 0.25) is 0 Å². The Morgan fingerprint density at radius 1 is 1.29 bits per heavy atom. The summed E-state index contributed by atoms with van der Waals surface area (Å²) >= 11 is 1.45. The maximum atomic E-state index is 15.5. The van der Waals surface area contributed by atoms with Crippen molar-refractivity contribution in [1.82, 2.24) is 0 Å². The van der Waals surface area contributed by atoms with E-state index in [2.05, 4.69) is 0 Å². The monoisotopic (exact) mass is 306 g/mol. The quantitative estimate of drug-likeness (QED) is 0.817. The van der Waals surface area contributed by atoms with E-state index in [4.69, 9.17) is 5.73 Å². The number of hydrogen-bond acceptors (Lipinski definition) is 3. The molecule has 2 aromatic rings. The number of hydrogen-bond donors (Lipinski definition) is 1. The summed E-state index contributed by atoms with van der Waals surface area (Å²) in [4.78, 5) is 13.3. The second-order valence-corrected chi connectivity index (χ2v) is 6.15. The third kappa shape index (κ3) is 3.24. The molecule has 3 nitrogen and oxygen atoms in total. The van der Waals surface area contributed by atoms with Gasteiger partial charge >= 0.3 is 0 Å². The van der Waals surface area contributed by atoms with Crippen molar-refractivity contribution in [2.75, 3.05) is 4.90 Å². The van der Waals surface area contributed by atoms with Gasteiger partial charge in [-0.05, 0) is 29.5 Å². The van der Waals surface area contributed by atoms with Gasteiger partial charge in [0.15, 0.2) is 0 Å². The number of anilines is 2. The zero-order chi connectivity index (χ0) is 15.5. The van der Waals surface area contributed by atoms with Crippen molar-refractivity contribution < 1.29 is 9.18 Å². The number of nitrogens with two attached hydrogens (primary N) is 1. The maximum absolute atomic E-state index is 15.5. The lowest BCUT2D eigenvalue weighted by Crippen LogP contribution is -2.53. The number of rotatable bonds is 6. The first-order valence-electron chi connectivity index (χ1n) is 6.81. The first-order valence-corrected chi connectivity index (χ1v) is 7.75. The predicted molar refractivity (Wildman–Crippen MR) is 85.4 cm³/mol. The molecule has 2 rings (SSSR count). The molecule has 0 aliphatic heterocycles. The molecule has 0 aliphatic rings. The second-order valence-electron chi connectivity index (χ2n) is 5.37. The largest absolute Gasteiger partial charge is 0.365 e. The molecule has 0 bridgehead atoms. The Hall–Kier alpha value is -1.88. The number of amides is 1. The summed E-state index contributed by atoms with van der Waals surface area (Å²) < 4.78 is 15.5. The predicted octanol–water partition coefficient (Wildman–Crippen LogP) is 4.08. The Kier molecular flexibility index (Phi) is 4.63. The van der Waals surface area contributed by atoms with Gasteiger partial charge in [-0.1, -0.05) is 32.0 Å². The van der Waals surface area contributed by atoms with Gasteiger partial charge in [0, 0.05) is 17.5 Å². The fourth-order valence-electron chi connectivity index (χ4n) is 2.36. The molecule has 0 saturated heterocycles. The lowest BCUT2D eigenvalue weighted by atomic mass is 9.98. The molecule has 1 aromatic carbocycles. The van der Waals surface area contributed by atoms with Crippen LogP contribution in [0.15, 0.2) is 47.2 Å². The molecule has 2 N–H and O–H groups in total. The van der Waals surface area contributed by atoms with Gasteiger partial charge in [0.25, 0.3) is 11.7 Å². The third-order valence-corrected chi connectivity index (χ3v) is 3.86. The van der Waals surface area contributed by atoms with Crippen molar-refractivity contribution in [1.29, 1.82) is 0 Å². The van der Waals surface area contributed by atoms with Crippen molar-refractivity contribution in [2.24, 2.45) is 11.7 Å². The van der Waals surface area contributed by atoms with Gasteiger partial charge in [-0.2, -0.15) is 11.3 Å². The van der Waals surface area contributed by atoms with Gasteiger partial charge < -0.3 is 5.73 Å². The number of benzene rings is 1. The summed E-state index contributed by atoms with van der Waals surface area (Å²) in [5, 5.41) is 3.66. The molecule has 1 heterocycles.